The Kier molecular flexibility index (Phi) is 5.38. The van der Waals surface area contributed by atoms with E-state index in [4.69, 9.17) is 4.74 Å². The first-order valence-corrected chi connectivity index (χ1v) is 4.67. The molecule has 0 bridgehead atoms. The van der Waals surface area contributed by atoms with Crippen LogP contribution in [0.15, 0.2) is 0 Å². The molecule has 0 heterocycles. The van der Waals surface area contributed by atoms with Crippen molar-refractivity contribution in [2.45, 2.75) is 39.2 Å². The summed E-state index contributed by atoms with van der Waals surface area (Å²) < 4.78 is 4.95. The van der Waals surface area contributed by atoms with E-state index >= 15 is 0 Å². The Bertz CT molecular complexity index is 211. The van der Waals surface area contributed by atoms with Gasteiger partial charge in [0.25, 0.3) is 0 Å². The third kappa shape index (κ3) is 6.60. The number of Topliss-reactive ketones (excluding diaryl/α,β-unsaturated/α-hetero) is 1. The fraction of sp³-hybridized carbons (Fsp3) is 0.800. The molecule has 0 spiro atoms. The van der Waals surface area contributed by atoms with Crippen molar-refractivity contribution in [3.63, 3.8) is 0 Å². The number of ether oxygens (including phenoxy) is 1. The van der Waals surface area contributed by atoms with Crippen LogP contribution in [-0.4, -0.2) is 30.9 Å². The van der Waals surface area contributed by atoms with Gasteiger partial charge in [-0.2, -0.15) is 0 Å². The molecule has 0 aliphatic carbocycles. The van der Waals surface area contributed by atoms with Crippen molar-refractivity contribution in [1.82, 2.24) is 5.32 Å². The molecule has 0 rings (SSSR count). The van der Waals surface area contributed by atoms with E-state index < -0.39 is 0 Å². The quantitative estimate of drug-likeness (QED) is 0.694. The minimum atomic E-state index is -0.372. The number of rotatable bonds is 6. The lowest BCUT2D eigenvalue weighted by atomic mass is 10.1. The Hall–Kier alpha value is -0.900. The molecule has 0 fully saturated rings. The van der Waals surface area contributed by atoms with Crippen molar-refractivity contribution in [2.75, 3.05) is 13.7 Å². The van der Waals surface area contributed by atoms with Crippen molar-refractivity contribution >= 4 is 11.7 Å². The van der Waals surface area contributed by atoms with Crippen molar-refractivity contribution in [3.05, 3.63) is 0 Å². The van der Waals surface area contributed by atoms with Gasteiger partial charge >= 0.3 is 0 Å². The van der Waals surface area contributed by atoms with Gasteiger partial charge in [-0.1, -0.05) is 0 Å². The smallest absolute Gasteiger partial charge is 0.220 e. The minimum Gasteiger partial charge on any atom is -0.382 e. The molecule has 0 aromatic carbocycles. The third-order valence-electron chi connectivity index (χ3n) is 1.69. The van der Waals surface area contributed by atoms with Crippen LogP contribution in [0, 0.1) is 0 Å². The van der Waals surface area contributed by atoms with Crippen LogP contribution in [0.5, 0.6) is 0 Å². The highest BCUT2D eigenvalue weighted by molar-refractivity contribution is 5.83. The molecule has 1 N–H and O–H groups in total. The van der Waals surface area contributed by atoms with Crippen molar-refractivity contribution in [3.8, 4) is 0 Å². The Labute approximate surface area is 85.0 Å². The molecule has 4 heteroatoms. The zero-order chi connectivity index (χ0) is 11.2. The van der Waals surface area contributed by atoms with Crippen molar-refractivity contribution in [2.24, 2.45) is 0 Å². The van der Waals surface area contributed by atoms with Crippen LogP contribution in [0.25, 0.3) is 0 Å². The molecule has 82 valence electrons. The van der Waals surface area contributed by atoms with Crippen LogP contribution in [0.3, 0.4) is 0 Å². The van der Waals surface area contributed by atoms with Gasteiger partial charge in [-0.15, -0.1) is 0 Å². The minimum absolute atomic E-state index is 0.0321. The Morgan fingerprint density at radius 1 is 1.29 bits per heavy atom. The summed E-state index contributed by atoms with van der Waals surface area (Å²) in [5.41, 5.74) is -0.372. The normalized spacial score (nSPS) is 11.1. The molecule has 0 aliphatic heterocycles. The molecule has 1 amide bonds. The lowest BCUT2D eigenvalue weighted by Crippen LogP contribution is -2.46. The molecule has 0 unspecified atom stereocenters. The maximum Gasteiger partial charge on any atom is 0.220 e. The number of hydrogen-bond acceptors (Lipinski definition) is 3. The SMILES string of the molecule is COCC(C)(C)NC(=O)CCC(C)=O. The number of methoxy groups -OCH3 is 1. The second-order valence-electron chi connectivity index (χ2n) is 4.07. The van der Waals surface area contributed by atoms with Crippen LogP contribution in [0.4, 0.5) is 0 Å². The van der Waals surface area contributed by atoms with Gasteiger partial charge in [0.1, 0.15) is 5.78 Å². The molecular formula is C10H19NO3. The summed E-state index contributed by atoms with van der Waals surface area (Å²) >= 11 is 0. The second kappa shape index (κ2) is 5.75. The van der Waals surface area contributed by atoms with Gasteiger partial charge in [0.2, 0.25) is 5.91 Å². The number of amides is 1. The average molecular weight is 201 g/mol. The molecule has 0 saturated heterocycles. The number of ketones is 1. The van der Waals surface area contributed by atoms with Crippen LogP contribution in [0.1, 0.15) is 33.6 Å². The zero-order valence-corrected chi connectivity index (χ0v) is 9.35. The average Bonchev–Trinajstić information content (AvgIpc) is 1.99. The van der Waals surface area contributed by atoms with Crippen LogP contribution in [-0.2, 0) is 14.3 Å². The fourth-order valence-electron chi connectivity index (χ4n) is 1.13. The second-order valence-corrected chi connectivity index (χ2v) is 4.07. The third-order valence-corrected chi connectivity index (χ3v) is 1.69. The molecule has 0 aromatic rings. The number of hydrogen-bond donors (Lipinski definition) is 1. The van der Waals surface area contributed by atoms with Crippen molar-refractivity contribution in [1.29, 1.82) is 0 Å². The van der Waals surface area contributed by atoms with E-state index in [9.17, 15) is 9.59 Å². The van der Waals surface area contributed by atoms with E-state index in [1.54, 1.807) is 7.11 Å². The van der Waals surface area contributed by atoms with Gasteiger partial charge in [-0.3, -0.25) is 4.79 Å². The van der Waals surface area contributed by atoms with Crippen LogP contribution in [0.2, 0.25) is 0 Å². The summed E-state index contributed by atoms with van der Waals surface area (Å²) in [4.78, 5) is 22.0. The van der Waals surface area contributed by atoms with E-state index in [0.29, 0.717) is 13.0 Å². The van der Waals surface area contributed by atoms with E-state index in [0.717, 1.165) is 0 Å². The highest BCUT2D eigenvalue weighted by Crippen LogP contribution is 2.03. The fourth-order valence-corrected chi connectivity index (χ4v) is 1.13. The van der Waals surface area contributed by atoms with E-state index in [1.165, 1.54) is 6.92 Å². The maximum absolute atomic E-state index is 11.3. The van der Waals surface area contributed by atoms with Crippen LogP contribution < -0.4 is 5.32 Å². The number of carbonyl (C=O) groups is 2. The maximum atomic E-state index is 11.3. The van der Waals surface area contributed by atoms with Gasteiger partial charge in [0.05, 0.1) is 12.1 Å². The zero-order valence-electron chi connectivity index (χ0n) is 9.35. The van der Waals surface area contributed by atoms with E-state index in [-0.39, 0.29) is 23.7 Å². The summed E-state index contributed by atoms with van der Waals surface area (Å²) in [6, 6.07) is 0. The largest absolute Gasteiger partial charge is 0.382 e. The first-order valence-electron chi connectivity index (χ1n) is 4.67. The molecule has 0 radical (unpaired) electrons. The lowest BCUT2D eigenvalue weighted by Gasteiger charge is -2.25. The van der Waals surface area contributed by atoms with Gasteiger partial charge in [0, 0.05) is 20.0 Å². The van der Waals surface area contributed by atoms with E-state index in [1.807, 2.05) is 13.8 Å². The molecule has 0 atom stereocenters. The summed E-state index contributed by atoms with van der Waals surface area (Å²) in [6.07, 6.45) is 0.553. The van der Waals surface area contributed by atoms with Gasteiger partial charge < -0.3 is 14.8 Å². The monoisotopic (exact) mass is 201 g/mol. The molecular weight excluding hydrogens is 182 g/mol. The standard InChI is InChI=1S/C10H19NO3/c1-8(12)5-6-9(13)11-10(2,3)7-14-4/h5-7H2,1-4H3,(H,11,13). The summed E-state index contributed by atoms with van der Waals surface area (Å²) in [5.74, 6) is -0.0769. The topological polar surface area (TPSA) is 55.4 Å². The highest BCUT2D eigenvalue weighted by Gasteiger charge is 2.19. The lowest BCUT2D eigenvalue weighted by molar-refractivity contribution is -0.126. The Morgan fingerprint density at radius 3 is 2.29 bits per heavy atom. The van der Waals surface area contributed by atoms with Gasteiger partial charge in [-0.05, 0) is 20.8 Å². The molecule has 4 nitrogen and oxygen atoms in total. The number of nitrogens with one attached hydrogen (secondary N) is 1. The predicted octanol–water partition coefficient (Wildman–Crippen LogP) is 0.897. The number of carbonyl (C=O) groups excluding carboxylic acids is 2. The Morgan fingerprint density at radius 2 is 1.86 bits per heavy atom. The summed E-state index contributed by atoms with van der Waals surface area (Å²) in [5, 5.41) is 2.80. The summed E-state index contributed by atoms with van der Waals surface area (Å²) in [6.45, 7) is 5.69. The first-order chi connectivity index (χ1) is 6.37. The van der Waals surface area contributed by atoms with Crippen molar-refractivity contribution < 1.29 is 14.3 Å². The van der Waals surface area contributed by atoms with Gasteiger partial charge in [0.15, 0.2) is 0 Å². The van der Waals surface area contributed by atoms with E-state index in [2.05, 4.69) is 5.32 Å². The Balaban J connectivity index is 3.86. The van der Waals surface area contributed by atoms with Gasteiger partial charge in [-0.25, -0.2) is 0 Å². The molecule has 0 aliphatic rings. The molecule has 0 aromatic heterocycles. The molecule has 0 saturated carbocycles. The highest BCUT2D eigenvalue weighted by atomic mass is 16.5. The first kappa shape index (κ1) is 13.1. The van der Waals surface area contributed by atoms with Crippen LogP contribution >= 0.6 is 0 Å². The molecule has 14 heavy (non-hydrogen) atoms. The summed E-state index contributed by atoms with van der Waals surface area (Å²) in [7, 11) is 1.59. The predicted molar refractivity (Wildman–Crippen MR) is 54.0 cm³/mol.